The first kappa shape index (κ1) is 14.0. The van der Waals surface area contributed by atoms with Gasteiger partial charge in [-0.1, -0.05) is 18.2 Å². The second-order valence-corrected chi connectivity index (χ2v) is 5.12. The van der Waals surface area contributed by atoms with Crippen molar-refractivity contribution in [2.45, 2.75) is 17.4 Å². The summed E-state index contributed by atoms with van der Waals surface area (Å²) in [7, 11) is 0. The summed E-state index contributed by atoms with van der Waals surface area (Å²) in [5, 5.41) is 10.0. The van der Waals surface area contributed by atoms with Gasteiger partial charge in [0.1, 0.15) is 0 Å². The van der Waals surface area contributed by atoms with E-state index in [-0.39, 0.29) is 0 Å². The van der Waals surface area contributed by atoms with Crippen molar-refractivity contribution >= 4 is 11.8 Å². The number of rotatable bonds is 4. The third-order valence-corrected chi connectivity index (χ3v) is 3.66. The molecule has 1 unspecified atom stereocenters. The van der Waals surface area contributed by atoms with Crippen molar-refractivity contribution in [2.75, 3.05) is 6.26 Å². The fraction of sp³-hybridized carbons (Fsp3) is 0.200. The van der Waals surface area contributed by atoms with E-state index in [9.17, 15) is 13.9 Å². The van der Waals surface area contributed by atoms with E-state index in [0.29, 0.717) is 12.0 Å². The third-order valence-electron chi connectivity index (χ3n) is 2.92. The molecule has 1 nitrogen and oxygen atoms in total. The van der Waals surface area contributed by atoms with Crippen molar-refractivity contribution < 1.29 is 13.9 Å². The van der Waals surface area contributed by atoms with Crippen molar-refractivity contribution in [3.05, 3.63) is 65.2 Å². The van der Waals surface area contributed by atoms with Gasteiger partial charge in [-0.05, 0) is 41.6 Å². The molecule has 0 aliphatic rings. The standard InChI is InChI=1S/C15H14F2OS/c1-19-12-5-2-10(3-6-12)8-15(18)11-4-7-13(16)14(17)9-11/h2-7,9,15,18H,8H2,1H3. The highest BCUT2D eigenvalue weighted by atomic mass is 32.2. The lowest BCUT2D eigenvalue weighted by atomic mass is 10.0. The Morgan fingerprint density at radius 1 is 1.05 bits per heavy atom. The second kappa shape index (κ2) is 6.17. The molecule has 0 aliphatic carbocycles. The van der Waals surface area contributed by atoms with Crippen LogP contribution in [0.2, 0.25) is 0 Å². The molecule has 0 bridgehead atoms. The predicted molar refractivity (Wildman–Crippen MR) is 73.2 cm³/mol. The van der Waals surface area contributed by atoms with E-state index in [1.807, 2.05) is 30.5 Å². The predicted octanol–water partition coefficient (Wildman–Crippen LogP) is 3.96. The van der Waals surface area contributed by atoms with Crippen LogP contribution >= 0.6 is 11.8 Å². The lowest BCUT2D eigenvalue weighted by Crippen LogP contribution is -2.03. The molecular formula is C15H14F2OS. The number of aliphatic hydroxyl groups excluding tert-OH is 1. The minimum absolute atomic E-state index is 0.375. The number of thioether (sulfide) groups is 1. The molecule has 0 fully saturated rings. The molecular weight excluding hydrogens is 266 g/mol. The summed E-state index contributed by atoms with van der Waals surface area (Å²) >= 11 is 1.64. The van der Waals surface area contributed by atoms with E-state index in [1.54, 1.807) is 11.8 Å². The summed E-state index contributed by atoms with van der Waals surface area (Å²) in [5.41, 5.74) is 1.34. The Balaban J connectivity index is 2.10. The maximum Gasteiger partial charge on any atom is 0.159 e. The zero-order chi connectivity index (χ0) is 13.8. The number of hydrogen-bond acceptors (Lipinski definition) is 2. The molecule has 2 rings (SSSR count). The number of hydrogen-bond donors (Lipinski definition) is 1. The maximum absolute atomic E-state index is 13.1. The molecule has 0 saturated carbocycles. The Bertz CT molecular complexity index is 555. The van der Waals surface area contributed by atoms with Crippen LogP contribution in [0.4, 0.5) is 8.78 Å². The zero-order valence-electron chi connectivity index (χ0n) is 10.4. The molecule has 19 heavy (non-hydrogen) atoms. The summed E-state index contributed by atoms with van der Waals surface area (Å²) in [4.78, 5) is 1.14. The Morgan fingerprint density at radius 3 is 2.32 bits per heavy atom. The van der Waals surface area contributed by atoms with Crippen molar-refractivity contribution in [1.82, 2.24) is 0 Å². The van der Waals surface area contributed by atoms with Crippen molar-refractivity contribution in [1.29, 1.82) is 0 Å². The van der Waals surface area contributed by atoms with Gasteiger partial charge in [0.05, 0.1) is 6.10 Å². The molecule has 100 valence electrons. The first-order valence-corrected chi connectivity index (χ1v) is 7.08. The molecule has 0 aromatic heterocycles. The second-order valence-electron chi connectivity index (χ2n) is 4.24. The van der Waals surface area contributed by atoms with Crippen LogP contribution < -0.4 is 0 Å². The minimum Gasteiger partial charge on any atom is -0.388 e. The molecule has 4 heteroatoms. The van der Waals surface area contributed by atoms with E-state index in [0.717, 1.165) is 22.6 Å². The SMILES string of the molecule is CSc1ccc(CC(O)c2ccc(F)c(F)c2)cc1. The quantitative estimate of drug-likeness (QED) is 0.855. The molecule has 0 saturated heterocycles. The molecule has 1 N–H and O–H groups in total. The van der Waals surface area contributed by atoms with Crippen LogP contribution in [0.25, 0.3) is 0 Å². The Kier molecular flexibility index (Phi) is 4.56. The van der Waals surface area contributed by atoms with Crippen LogP contribution in [-0.2, 0) is 6.42 Å². The average molecular weight is 280 g/mol. The summed E-state index contributed by atoms with van der Waals surface area (Å²) in [6.45, 7) is 0. The highest BCUT2D eigenvalue weighted by Gasteiger charge is 2.11. The van der Waals surface area contributed by atoms with Crippen molar-refractivity contribution in [2.24, 2.45) is 0 Å². The van der Waals surface area contributed by atoms with Gasteiger partial charge in [0.15, 0.2) is 11.6 Å². The minimum atomic E-state index is -0.936. The lowest BCUT2D eigenvalue weighted by Gasteiger charge is -2.11. The first-order chi connectivity index (χ1) is 9.10. The van der Waals surface area contributed by atoms with Crippen LogP contribution in [-0.4, -0.2) is 11.4 Å². The van der Waals surface area contributed by atoms with Gasteiger partial charge in [-0.2, -0.15) is 0 Å². The van der Waals surface area contributed by atoms with E-state index >= 15 is 0 Å². The molecule has 2 aromatic carbocycles. The number of aliphatic hydroxyl groups is 1. The first-order valence-electron chi connectivity index (χ1n) is 5.86. The molecule has 2 aromatic rings. The molecule has 0 aliphatic heterocycles. The zero-order valence-corrected chi connectivity index (χ0v) is 11.3. The highest BCUT2D eigenvalue weighted by molar-refractivity contribution is 7.98. The molecule has 0 amide bonds. The topological polar surface area (TPSA) is 20.2 Å². The summed E-state index contributed by atoms with van der Waals surface area (Å²) in [6, 6.07) is 11.3. The number of benzene rings is 2. The van der Waals surface area contributed by atoms with E-state index < -0.39 is 17.7 Å². The summed E-state index contributed by atoms with van der Waals surface area (Å²) < 4.78 is 25.9. The Hall–Kier alpha value is -1.39. The lowest BCUT2D eigenvalue weighted by molar-refractivity contribution is 0.178. The smallest absolute Gasteiger partial charge is 0.159 e. The van der Waals surface area contributed by atoms with Gasteiger partial charge in [0.25, 0.3) is 0 Å². The molecule has 1 atom stereocenters. The van der Waals surface area contributed by atoms with Gasteiger partial charge in [-0.25, -0.2) is 8.78 Å². The van der Waals surface area contributed by atoms with Gasteiger partial charge in [-0.3, -0.25) is 0 Å². The van der Waals surface area contributed by atoms with Gasteiger partial charge in [-0.15, -0.1) is 11.8 Å². The monoisotopic (exact) mass is 280 g/mol. The highest BCUT2D eigenvalue weighted by Crippen LogP contribution is 2.22. The van der Waals surface area contributed by atoms with Crippen LogP contribution in [0.3, 0.4) is 0 Å². The van der Waals surface area contributed by atoms with Crippen molar-refractivity contribution in [3.8, 4) is 0 Å². The van der Waals surface area contributed by atoms with Crippen LogP contribution in [0.15, 0.2) is 47.4 Å². The Labute approximate surface area is 115 Å². The van der Waals surface area contributed by atoms with E-state index in [4.69, 9.17) is 0 Å². The number of halogens is 2. The molecule has 0 radical (unpaired) electrons. The van der Waals surface area contributed by atoms with Crippen molar-refractivity contribution in [3.63, 3.8) is 0 Å². The van der Waals surface area contributed by atoms with Crippen LogP contribution in [0.5, 0.6) is 0 Å². The Morgan fingerprint density at radius 2 is 1.74 bits per heavy atom. The van der Waals surface area contributed by atoms with Gasteiger partial charge in [0, 0.05) is 11.3 Å². The van der Waals surface area contributed by atoms with Gasteiger partial charge in [0.2, 0.25) is 0 Å². The fourth-order valence-corrected chi connectivity index (χ4v) is 2.23. The largest absolute Gasteiger partial charge is 0.388 e. The average Bonchev–Trinajstić information content (AvgIpc) is 2.42. The normalized spacial score (nSPS) is 12.4. The molecule has 0 heterocycles. The van der Waals surface area contributed by atoms with Gasteiger partial charge < -0.3 is 5.11 Å². The molecule has 0 spiro atoms. The summed E-state index contributed by atoms with van der Waals surface area (Å²) in [5.74, 6) is -1.84. The van der Waals surface area contributed by atoms with Gasteiger partial charge >= 0.3 is 0 Å². The fourth-order valence-electron chi connectivity index (χ4n) is 1.82. The maximum atomic E-state index is 13.1. The third kappa shape index (κ3) is 3.55. The van der Waals surface area contributed by atoms with E-state index in [1.165, 1.54) is 6.07 Å². The van der Waals surface area contributed by atoms with Crippen LogP contribution in [0, 0.1) is 11.6 Å². The van der Waals surface area contributed by atoms with E-state index in [2.05, 4.69) is 0 Å². The van der Waals surface area contributed by atoms with Crippen LogP contribution in [0.1, 0.15) is 17.2 Å². The summed E-state index contributed by atoms with van der Waals surface area (Å²) in [6.07, 6.45) is 1.53.